The van der Waals surface area contributed by atoms with Gasteiger partial charge in [0, 0.05) is 10.9 Å². The van der Waals surface area contributed by atoms with Gasteiger partial charge >= 0.3 is 0 Å². The molecule has 1 aromatic rings. The Balaban J connectivity index is 0.00000264. The second kappa shape index (κ2) is 10.2. The Morgan fingerprint density at radius 1 is 1.22 bits per heavy atom. The van der Waals surface area contributed by atoms with Crippen molar-refractivity contribution < 1.29 is 4.79 Å². The van der Waals surface area contributed by atoms with Gasteiger partial charge < -0.3 is 10.6 Å². The maximum absolute atomic E-state index is 12.5. The first-order chi connectivity index (χ1) is 10.6. The van der Waals surface area contributed by atoms with Gasteiger partial charge in [-0.2, -0.15) is 0 Å². The first-order valence-electron chi connectivity index (χ1n) is 8.33. The van der Waals surface area contributed by atoms with Crippen LogP contribution in [0, 0.1) is 11.8 Å². The number of rotatable bonds is 6. The van der Waals surface area contributed by atoms with E-state index in [1.165, 1.54) is 0 Å². The lowest BCUT2D eigenvalue weighted by Crippen LogP contribution is -2.39. The van der Waals surface area contributed by atoms with Gasteiger partial charge in [0.1, 0.15) is 0 Å². The zero-order chi connectivity index (χ0) is 15.9. The highest BCUT2D eigenvalue weighted by Crippen LogP contribution is 2.24. The predicted molar refractivity (Wildman–Crippen MR) is 99.2 cm³/mol. The Kier molecular flexibility index (Phi) is 8.96. The summed E-state index contributed by atoms with van der Waals surface area (Å²) in [4.78, 5) is 12.5. The zero-order valence-corrected chi connectivity index (χ0v) is 15.6. The van der Waals surface area contributed by atoms with Gasteiger partial charge in [-0.25, -0.2) is 0 Å². The molecule has 130 valence electrons. The molecule has 1 amide bonds. The minimum Gasteiger partial charge on any atom is -0.349 e. The minimum absolute atomic E-state index is 0. The van der Waals surface area contributed by atoms with E-state index in [2.05, 4.69) is 24.5 Å². The van der Waals surface area contributed by atoms with E-state index in [1.54, 1.807) is 0 Å². The van der Waals surface area contributed by atoms with Gasteiger partial charge in [0.05, 0.1) is 6.04 Å². The van der Waals surface area contributed by atoms with E-state index in [0.717, 1.165) is 49.4 Å². The van der Waals surface area contributed by atoms with Crippen LogP contribution in [0.15, 0.2) is 24.3 Å². The van der Waals surface area contributed by atoms with E-state index < -0.39 is 0 Å². The molecule has 1 saturated heterocycles. The highest BCUT2D eigenvalue weighted by Gasteiger charge is 2.24. The molecular weight excluding hydrogens is 331 g/mol. The molecule has 0 bridgehead atoms. The molecule has 5 heteroatoms. The van der Waals surface area contributed by atoms with Crippen LogP contribution in [0.4, 0.5) is 0 Å². The Morgan fingerprint density at radius 2 is 1.83 bits per heavy atom. The molecule has 3 nitrogen and oxygen atoms in total. The summed E-state index contributed by atoms with van der Waals surface area (Å²) in [5, 5.41) is 7.31. The standard InChI is InChI=1S/C18H27ClN2O.ClH/c1-13(2)3-8-17(14-4-6-16(19)7-5-14)21-18(22)15-9-11-20-12-10-15;/h4-7,13,15,17,20H,3,8-12H2,1-2H3,(H,21,22);1H. The Hall–Kier alpha value is -0.770. The molecule has 1 atom stereocenters. The first kappa shape index (κ1) is 20.3. The Bertz CT molecular complexity index is 470. The normalized spacial score (nSPS) is 16.7. The summed E-state index contributed by atoms with van der Waals surface area (Å²) in [6, 6.07) is 7.93. The smallest absolute Gasteiger partial charge is 0.223 e. The maximum atomic E-state index is 12.5. The van der Waals surface area contributed by atoms with E-state index in [0.29, 0.717) is 5.92 Å². The van der Waals surface area contributed by atoms with E-state index >= 15 is 0 Å². The van der Waals surface area contributed by atoms with E-state index in [-0.39, 0.29) is 30.3 Å². The van der Waals surface area contributed by atoms with Crippen LogP contribution in [-0.4, -0.2) is 19.0 Å². The molecule has 0 spiro atoms. The minimum atomic E-state index is 0. The van der Waals surface area contributed by atoms with Gasteiger partial charge in [0.2, 0.25) is 5.91 Å². The van der Waals surface area contributed by atoms with Crippen LogP contribution in [0.5, 0.6) is 0 Å². The first-order valence-corrected chi connectivity index (χ1v) is 8.70. The average Bonchev–Trinajstić information content (AvgIpc) is 2.53. The molecule has 1 heterocycles. The molecule has 2 rings (SSSR count). The molecule has 1 aliphatic heterocycles. The summed E-state index contributed by atoms with van der Waals surface area (Å²) in [6.45, 7) is 6.31. The molecular formula is C18H28Cl2N2O. The number of carbonyl (C=O) groups excluding carboxylic acids is 1. The highest BCUT2D eigenvalue weighted by molar-refractivity contribution is 6.30. The molecule has 0 aromatic heterocycles. The molecule has 1 fully saturated rings. The van der Waals surface area contributed by atoms with Gasteiger partial charge in [-0.1, -0.05) is 37.6 Å². The molecule has 1 aliphatic rings. The van der Waals surface area contributed by atoms with Crippen molar-refractivity contribution in [3.8, 4) is 0 Å². The summed E-state index contributed by atoms with van der Waals surface area (Å²) in [5.74, 6) is 0.978. The number of carbonyl (C=O) groups is 1. The van der Waals surface area contributed by atoms with Gasteiger partial charge in [0.25, 0.3) is 0 Å². The third-order valence-corrected chi connectivity index (χ3v) is 4.58. The van der Waals surface area contributed by atoms with Gasteiger partial charge in [0.15, 0.2) is 0 Å². The van der Waals surface area contributed by atoms with Crippen LogP contribution in [0.3, 0.4) is 0 Å². The number of benzene rings is 1. The van der Waals surface area contributed by atoms with Crippen molar-refractivity contribution in [2.75, 3.05) is 13.1 Å². The van der Waals surface area contributed by atoms with Gasteiger partial charge in [-0.15, -0.1) is 12.4 Å². The number of hydrogen-bond acceptors (Lipinski definition) is 2. The quantitative estimate of drug-likeness (QED) is 0.793. The lowest BCUT2D eigenvalue weighted by molar-refractivity contribution is -0.126. The van der Waals surface area contributed by atoms with Crippen LogP contribution >= 0.6 is 24.0 Å². The van der Waals surface area contributed by atoms with Crippen LogP contribution in [-0.2, 0) is 4.79 Å². The second-order valence-corrected chi connectivity index (χ2v) is 7.04. The maximum Gasteiger partial charge on any atom is 0.223 e. The van der Waals surface area contributed by atoms with Crippen molar-refractivity contribution in [1.82, 2.24) is 10.6 Å². The van der Waals surface area contributed by atoms with E-state index in [1.807, 2.05) is 24.3 Å². The summed E-state index contributed by atoms with van der Waals surface area (Å²) in [6.07, 6.45) is 3.93. The molecule has 1 unspecified atom stereocenters. The van der Waals surface area contributed by atoms with Crippen molar-refractivity contribution in [2.24, 2.45) is 11.8 Å². The SMILES string of the molecule is CC(C)CCC(NC(=O)C1CCNCC1)c1ccc(Cl)cc1.Cl. The van der Waals surface area contributed by atoms with Crippen molar-refractivity contribution in [1.29, 1.82) is 0 Å². The van der Waals surface area contributed by atoms with E-state index in [4.69, 9.17) is 11.6 Å². The van der Waals surface area contributed by atoms with Gasteiger partial charge in [-0.3, -0.25) is 4.79 Å². The molecule has 0 radical (unpaired) electrons. The number of piperidine rings is 1. The number of nitrogens with one attached hydrogen (secondary N) is 2. The lowest BCUT2D eigenvalue weighted by Gasteiger charge is -2.26. The third-order valence-electron chi connectivity index (χ3n) is 4.33. The second-order valence-electron chi connectivity index (χ2n) is 6.61. The van der Waals surface area contributed by atoms with E-state index in [9.17, 15) is 4.79 Å². The fourth-order valence-electron chi connectivity index (χ4n) is 2.89. The van der Waals surface area contributed by atoms with Crippen molar-refractivity contribution >= 4 is 29.9 Å². The molecule has 0 saturated carbocycles. The zero-order valence-electron chi connectivity index (χ0n) is 14.0. The third kappa shape index (κ3) is 6.70. The fourth-order valence-corrected chi connectivity index (χ4v) is 3.02. The molecule has 0 aliphatic carbocycles. The van der Waals surface area contributed by atoms with Crippen LogP contribution in [0.25, 0.3) is 0 Å². The Labute approximate surface area is 151 Å². The van der Waals surface area contributed by atoms with Crippen molar-refractivity contribution in [3.63, 3.8) is 0 Å². The van der Waals surface area contributed by atoms with Crippen LogP contribution in [0.1, 0.15) is 51.1 Å². The summed E-state index contributed by atoms with van der Waals surface area (Å²) in [7, 11) is 0. The molecule has 23 heavy (non-hydrogen) atoms. The number of amides is 1. The van der Waals surface area contributed by atoms with Crippen LogP contribution in [0.2, 0.25) is 5.02 Å². The summed E-state index contributed by atoms with van der Waals surface area (Å²) >= 11 is 5.98. The predicted octanol–water partition coefficient (Wildman–Crippen LogP) is 4.35. The number of halogens is 2. The summed E-state index contributed by atoms with van der Waals surface area (Å²) in [5.41, 5.74) is 1.15. The monoisotopic (exact) mass is 358 g/mol. The summed E-state index contributed by atoms with van der Waals surface area (Å²) < 4.78 is 0. The largest absolute Gasteiger partial charge is 0.349 e. The van der Waals surface area contributed by atoms with Crippen molar-refractivity contribution in [2.45, 2.75) is 45.6 Å². The Morgan fingerprint density at radius 3 is 2.39 bits per heavy atom. The van der Waals surface area contributed by atoms with Crippen molar-refractivity contribution in [3.05, 3.63) is 34.9 Å². The molecule has 1 aromatic carbocycles. The highest BCUT2D eigenvalue weighted by atomic mass is 35.5. The van der Waals surface area contributed by atoms with Gasteiger partial charge in [-0.05, 0) is 62.4 Å². The lowest BCUT2D eigenvalue weighted by atomic mass is 9.94. The average molecular weight is 359 g/mol. The molecule has 2 N–H and O–H groups in total. The fraction of sp³-hybridized carbons (Fsp3) is 0.611. The topological polar surface area (TPSA) is 41.1 Å². The number of hydrogen-bond donors (Lipinski definition) is 2. The van der Waals surface area contributed by atoms with Crippen LogP contribution < -0.4 is 10.6 Å².